The Labute approximate surface area is 111 Å². The molecule has 0 aliphatic heterocycles. The highest BCUT2D eigenvalue weighted by Gasteiger charge is 2.29. The molecule has 0 bridgehead atoms. The lowest BCUT2D eigenvalue weighted by atomic mass is 10.2. The molecule has 1 unspecified atom stereocenters. The maximum absolute atomic E-state index is 13.4. The number of nitrogens with one attached hydrogen (secondary N) is 1. The number of rotatable bonds is 6. The van der Waals surface area contributed by atoms with Gasteiger partial charge in [0.25, 0.3) is 0 Å². The lowest BCUT2D eigenvalue weighted by molar-refractivity contribution is -0.139. The molecular formula is C10H10F3NO5S. The maximum Gasteiger partial charge on any atom is 0.321 e. The fraction of sp³-hybridized carbons (Fsp3) is 0.300. The molecule has 0 aromatic heterocycles. The van der Waals surface area contributed by atoms with Gasteiger partial charge in [0.05, 0.1) is 0 Å². The van der Waals surface area contributed by atoms with E-state index in [9.17, 15) is 26.4 Å². The number of aliphatic hydroxyl groups excluding tert-OH is 1. The molecule has 0 aliphatic rings. The van der Waals surface area contributed by atoms with Gasteiger partial charge in [-0.05, 0) is 18.6 Å². The first-order valence-electron chi connectivity index (χ1n) is 5.20. The number of hydrogen-bond acceptors (Lipinski definition) is 4. The molecule has 0 heterocycles. The van der Waals surface area contributed by atoms with Crippen molar-refractivity contribution in [3.8, 4) is 0 Å². The lowest BCUT2D eigenvalue weighted by Gasteiger charge is -2.14. The summed E-state index contributed by atoms with van der Waals surface area (Å²) in [5.74, 6) is -7.12. The summed E-state index contributed by atoms with van der Waals surface area (Å²) in [6, 6.07) is -0.861. The Morgan fingerprint density at radius 1 is 1.25 bits per heavy atom. The Kier molecular flexibility index (Phi) is 5.09. The van der Waals surface area contributed by atoms with Crippen molar-refractivity contribution in [3.05, 3.63) is 29.6 Å². The van der Waals surface area contributed by atoms with Crippen LogP contribution in [-0.2, 0) is 14.8 Å². The van der Waals surface area contributed by atoms with E-state index in [-0.39, 0.29) is 0 Å². The molecule has 3 N–H and O–H groups in total. The average Bonchev–Trinajstić information content (AvgIpc) is 2.34. The molecular weight excluding hydrogens is 303 g/mol. The van der Waals surface area contributed by atoms with Crippen LogP contribution in [0.15, 0.2) is 17.0 Å². The quantitative estimate of drug-likeness (QED) is 0.652. The van der Waals surface area contributed by atoms with Gasteiger partial charge in [-0.2, -0.15) is 4.72 Å². The van der Waals surface area contributed by atoms with Crippen LogP contribution >= 0.6 is 0 Å². The number of sulfonamides is 1. The molecule has 6 nitrogen and oxygen atoms in total. The Balaban J connectivity index is 3.17. The summed E-state index contributed by atoms with van der Waals surface area (Å²) < 4.78 is 64.1. The number of benzene rings is 1. The van der Waals surface area contributed by atoms with E-state index in [1.54, 1.807) is 4.72 Å². The molecule has 10 heteroatoms. The van der Waals surface area contributed by atoms with Gasteiger partial charge in [0.2, 0.25) is 10.0 Å². The molecule has 1 aromatic rings. The van der Waals surface area contributed by atoms with Crippen LogP contribution in [0, 0.1) is 17.5 Å². The van der Waals surface area contributed by atoms with E-state index in [4.69, 9.17) is 10.2 Å². The van der Waals surface area contributed by atoms with Crippen LogP contribution in [0.5, 0.6) is 0 Å². The van der Waals surface area contributed by atoms with Gasteiger partial charge in [-0.15, -0.1) is 0 Å². The SMILES string of the molecule is O=C(O)C(CCO)NS(=O)(=O)c1ccc(F)c(F)c1F. The topological polar surface area (TPSA) is 104 Å². The van der Waals surface area contributed by atoms with Crippen molar-refractivity contribution in [1.29, 1.82) is 0 Å². The van der Waals surface area contributed by atoms with Gasteiger partial charge in [-0.3, -0.25) is 4.79 Å². The molecule has 0 saturated carbocycles. The number of hydrogen-bond donors (Lipinski definition) is 3. The van der Waals surface area contributed by atoms with Gasteiger partial charge >= 0.3 is 5.97 Å². The minimum atomic E-state index is -4.72. The normalized spacial score (nSPS) is 13.2. The minimum Gasteiger partial charge on any atom is -0.480 e. The van der Waals surface area contributed by atoms with E-state index >= 15 is 0 Å². The molecule has 0 spiro atoms. The molecule has 1 aromatic carbocycles. The highest BCUT2D eigenvalue weighted by Crippen LogP contribution is 2.20. The van der Waals surface area contributed by atoms with Gasteiger partial charge < -0.3 is 10.2 Å². The highest BCUT2D eigenvalue weighted by molar-refractivity contribution is 7.89. The predicted molar refractivity (Wildman–Crippen MR) is 59.8 cm³/mol. The van der Waals surface area contributed by atoms with Crippen LogP contribution < -0.4 is 4.72 Å². The van der Waals surface area contributed by atoms with Crippen LogP contribution in [0.3, 0.4) is 0 Å². The highest BCUT2D eigenvalue weighted by atomic mass is 32.2. The van der Waals surface area contributed by atoms with Gasteiger partial charge in [0, 0.05) is 6.61 Å². The molecule has 0 aliphatic carbocycles. The third-order valence-electron chi connectivity index (χ3n) is 2.30. The van der Waals surface area contributed by atoms with Crippen molar-refractivity contribution < 1.29 is 36.6 Å². The summed E-state index contributed by atoms with van der Waals surface area (Å²) in [6.07, 6.45) is -0.472. The average molecular weight is 313 g/mol. The zero-order valence-corrected chi connectivity index (χ0v) is 10.6. The Morgan fingerprint density at radius 2 is 1.85 bits per heavy atom. The standard InChI is InChI=1S/C10H10F3NO5S/c11-5-1-2-7(9(13)8(5)12)20(18,19)14-6(3-4-15)10(16)17/h1-2,6,14-15H,3-4H2,(H,16,17). The summed E-state index contributed by atoms with van der Waals surface area (Å²) in [5, 5.41) is 17.3. The summed E-state index contributed by atoms with van der Waals surface area (Å²) in [7, 11) is -4.72. The van der Waals surface area contributed by atoms with E-state index in [1.165, 1.54) is 0 Å². The first kappa shape index (κ1) is 16.4. The van der Waals surface area contributed by atoms with Crippen LogP contribution in [-0.4, -0.2) is 37.2 Å². The van der Waals surface area contributed by atoms with E-state index in [1.807, 2.05) is 0 Å². The Morgan fingerprint density at radius 3 is 2.35 bits per heavy atom. The summed E-state index contributed by atoms with van der Waals surface area (Å²) >= 11 is 0. The molecule has 1 rings (SSSR count). The fourth-order valence-electron chi connectivity index (χ4n) is 1.33. The van der Waals surface area contributed by atoms with Gasteiger partial charge in [0.1, 0.15) is 10.9 Å². The molecule has 0 amide bonds. The third-order valence-corrected chi connectivity index (χ3v) is 3.79. The van der Waals surface area contributed by atoms with Gasteiger partial charge in [-0.1, -0.05) is 0 Å². The first-order chi connectivity index (χ1) is 9.20. The zero-order valence-electron chi connectivity index (χ0n) is 9.81. The molecule has 20 heavy (non-hydrogen) atoms. The monoisotopic (exact) mass is 313 g/mol. The fourth-order valence-corrected chi connectivity index (χ4v) is 2.62. The number of carboxylic acids is 1. The molecule has 0 fully saturated rings. The van der Waals surface area contributed by atoms with E-state index in [0.717, 1.165) is 0 Å². The van der Waals surface area contributed by atoms with Crippen LogP contribution in [0.1, 0.15) is 6.42 Å². The zero-order chi connectivity index (χ0) is 15.5. The summed E-state index contributed by atoms with van der Waals surface area (Å²) in [6.45, 7) is -0.639. The first-order valence-corrected chi connectivity index (χ1v) is 6.68. The van der Waals surface area contributed by atoms with Crippen molar-refractivity contribution in [3.63, 3.8) is 0 Å². The number of aliphatic hydroxyl groups is 1. The van der Waals surface area contributed by atoms with Crippen molar-refractivity contribution in [1.82, 2.24) is 4.72 Å². The van der Waals surface area contributed by atoms with Gasteiger partial charge in [-0.25, -0.2) is 21.6 Å². The second-order valence-electron chi connectivity index (χ2n) is 3.70. The molecule has 1 atom stereocenters. The largest absolute Gasteiger partial charge is 0.480 e. The van der Waals surface area contributed by atoms with Gasteiger partial charge in [0.15, 0.2) is 17.5 Å². The van der Waals surface area contributed by atoms with E-state index in [2.05, 4.69) is 0 Å². The van der Waals surface area contributed by atoms with Crippen molar-refractivity contribution in [2.45, 2.75) is 17.4 Å². The van der Waals surface area contributed by atoms with Crippen molar-refractivity contribution in [2.24, 2.45) is 0 Å². The van der Waals surface area contributed by atoms with Crippen molar-refractivity contribution in [2.75, 3.05) is 6.61 Å². The number of carboxylic acid groups (broad SMARTS) is 1. The number of halogens is 3. The number of carbonyl (C=O) groups is 1. The summed E-state index contributed by atoms with van der Waals surface area (Å²) in [4.78, 5) is 9.52. The predicted octanol–water partition coefficient (Wildman–Crippen LogP) is 0.218. The minimum absolute atomic E-state index is 0.398. The van der Waals surface area contributed by atoms with E-state index < -0.39 is 57.4 Å². The van der Waals surface area contributed by atoms with E-state index in [0.29, 0.717) is 12.1 Å². The Bertz CT molecular complexity index is 620. The number of aliphatic carboxylic acids is 1. The third kappa shape index (κ3) is 3.46. The maximum atomic E-state index is 13.4. The Hall–Kier alpha value is -1.65. The molecule has 0 saturated heterocycles. The summed E-state index contributed by atoms with van der Waals surface area (Å²) in [5.41, 5.74) is 0. The second kappa shape index (κ2) is 6.20. The van der Waals surface area contributed by atoms with Crippen LogP contribution in [0.2, 0.25) is 0 Å². The lowest BCUT2D eigenvalue weighted by Crippen LogP contribution is -2.41. The van der Waals surface area contributed by atoms with Crippen molar-refractivity contribution >= 4 is 16.0 Å². The molecule has 112 valence electrons. The van der Waals surface area contributed by atoms with Crippen LogP contribution in [0.4, 0.5) is 13.2 Å². The smallest absolute Gasteiger partial charge is 0.321 e. The molecule has 0 radical (unpaired) electrons. The van der Waals surface area contributed by atoms with Crippen LogP contribution in [0.25, 0.3) is 0 Å². The second-order valence-corrected chi connectivity index (χ2v) is 5.38.